The molecular formula is C19H19F3N2OS. The highest BCUT2D eigenvalue weighted by Gasteiger charge is 2.31. The van der Waals surface area contributed by atoms with Crippen molar-refractivity contribution in [2.75, 3.05) is 0 Å². The number of hydrogen-bond donors (Lipinski definition) is 0. The molecule has 1 fully saturated rings. The molecule has 0 N–H and O–H groups in total. The van der Waals surface area contributed by atoms with Crippen LogP contribution in [0.1, 0.15) is 52.2 Å². The minimum atomic E-state index is -4.47. The molecule has 1 aromatic heterocycles. The first-order chi connectivity index (χ1) is 12.4. The fraction of sp³-hybridized carbons (Fsp3) is 0.474. The molecule has 0 atom stereocenters. The number of aromatic nitrogens is 1. The van der Waals surface area contributed by atoms with Crippen LogP contribution in [0.2, 0.25) is 0 Å². The summed E-state index contributed by atoms with van der Waals surface area (Å²) in [6.45, 7) is 0.862. The lowest BCUT2D eigenvalue weighted by Crippen LogP contribution is -2.21. The highest BCUT2D eigenvalue weighted by molar-refractivity contribution is 7.09. The van der Waals surface area contributed by atoms with Crippen LogP contribution in [0, 0.1) is 5.92 Å². The number of carbonyl (C=O) groups is 1. The van der Waals surface area contributed by atoms with Crippen LogP contribution in [-0.4, -0.2) is 10.5 Å². The Bertz CT molecular complexity index is 906. The van der Waals surface area contributed by atoms with E-state index in [9.17, 15) is 18.0 Å². The van der Waals surface area contributed by atoms with Crippen molar-refractivity contribution in [3.05, 3.63) is 50.8 Å². The number of nitrogens with zero attached hydrogens (tertiary/aromatic N) is 2. The van der Waals surface area contributed by atoms with Gasteiger partial charge in [-0.15, -0.1) is 11.3 Å². The number of carbonyl (C=O) groups excluding carboxylic acids is 1. The molecule has 0 aliphatic heterocycles. The van der Waals surface area contributed by atoms with Gasteiger partial charge in [-0.05, 0) is 62.6 Å². The van der Waals surface area contributed by atoms with Crippen LogP contribution in [-0.2, 0) is 25.6 Å². The maximum Gasteiger partial charge on any atom is 0.416 e. The maximum absolute atomic E-state index is 12.9. The van der Waals surface area contributed by atoms with E-state index in [2.05, 4.69) is 9.56 Å². The summed E-state index contributed by atoms with van der Waals surface area (Å²) < 4.78 is 40.8. The number of hydrogen-bond acceptors (Lipinski definition) is 2. The third-order valence-corrected chi connectivity index (χ3v) is 6.11. The second-order valence-electron chi connectivity index (χ2n) is 7.01. The van der Waals surface area contributed by atoms with Crippen molar-refractivity contribution < 1.29 is 18.0 Å². The molecule has 2 aliphatic rings. The van der Waals surface area contributed by atoms with Gasteiger partial charge in [0.25, 0.3) is 5.91 Å². The largest absolute Gasteiger partial charge is 0.416 e. The van der Waals surface area contributed by atoms with E-state index in [1.165, 1.54) is 46.9 Å². The number of amides is 1. The predicted octanol–water partition coefficient (Wildman–Crippen LogP) is 4.60. The van der Waals surface area contributed by atoms with Gasteiger partial charge in [-0.3, -0.25) is 4.79 Å². The molecule has 0 radical (unpaired) electrons. The zero-order chi connectivity index (χ0) is 18.3. The second kappa shape index (κ2) is 6.68. The maximum atomic E-state index is 12.9. The molecule has 2 aromatic rings. The summed E-state index contributed by atoms with van der Waals surface area (Å²) in [6, 6.07) is 4.49. The van der Waals surface area contributed by atoms with Crippen molar-refractivity contribution in [1.29, 1.82) is 0 Å². The molecule has 138 valence electrons. The number of rotatable bonds is 3. The van der Waals surface area contributed by atoms with Gasteiger partial charge in [0.15, 0.2) is 4.80 Å². The summed E-state index contributed by atoms with van der Waals surface area (Å²) in [5.41, 5.74) is 0.419. The zero-order valence-electron chi connectivity index (χ0n) is 14.2. The van der Waals surface area contributed by atoms with E-state index in [-0.39, 0.29) is 5.56 Å². The number of alkyl halides is 3. The molecule has 7 heteroatoms. The molecule has 4 rings (SSSR count). The third-order valence-electron chi connectivity index (χ3n) is 4.93. The quantitative estimate of drug-likeness (QED) is 0.766. The van der Waals surface area contributed by atoms with E-state index in [0.29, 0.717) is 10.7 Å². The monoisotopic (exact) mass is 380 g/mol. The molecule has 1 heterocycles. The third kappa shape index (κ3) is 3.63. The lowest BCUT2D eigenvalue weighted by Gasteiger charge is -2.14. The number of fused-ring (bicyclic) bond motifs is 1. The average molecular weight is 380 g/mol. The second-order valence-corrected chi connectivity index (χ2v) is 8.07. The lowest BCUT2D eigenvalue weighted by atomic mass is 10.0. The standard InChI is InChI=1S/C19H19F3N2OS/c20-19(21,22)14-5-3-4-13(10-14)17(25)23-18-24(11-12-8-9-12)15-6-1-2-7-16(15)26-18/h3-5,10,12H,1-2,6-9,11H2. The first-order valence-corrected chi connectivity index (χ1v) is 9.71. The van der Waals surface area contributed by atoms with E-state index < -0.39 is 17.6 Å². The normalized spacial score (nSPS) is 18.0. The van der Waals surface area contributed by atoms with Crippen molar-refractivity contribution in [2.24, 2.45) is 10.9 Å². The SMILES string of the molecule is O=C(N=c1sc2c(n1CC1CC1)CCCC2)c1cccc(C(F)(F)F)c1. The fourth-order valence-electron chi connectivity index (χ4n) is 3.35. The van der Waals surface area contributed by atoms with Crippen LogP contribution in [0.25, 0.3) is 0 Å². The summed E-state index contributed by atoms with van der Waals surface area (Å²) >= 11 is 1.52. The Kier molecular flexibility index (Phi) is 4.50. The molecule has 3 nitrogen and oxygen atoms in total. The van der Waals surface area contributed by atoms with Gasteiger partial charge in [0.2, 0.25) is 0 Å². The molecule has 1 aromatic carbocycles. The predicted molar refractivity (Wildman–Crippen MR) is 93.0 cm³/mol. The minimum absolute atomic E-state index is 0.0239. The molecular weight excluding hydrogens is 361 g/mol. The molecule has 26 heavy (non-hydrogen) atoms. The Morgan fingerprint density at radius 3 is 2.73 bits per heavy atom. The summed E-state index contributed by atoms with van der Waals surface area (Å²) in [4.78, 5) is 18.6. The van der Waals surface area contributed by atoms with Gasteiger partial charge in [-0.1, -0.05) is 6.07 Å². The molecule has 0 saturated heterocycles. The van der Waals surface area contributed by atoms with E-state index in [0.717, 1.165) is 44.4 Å². The molecule has 0 unspecified atom stereocenters. The number of benzene rings is 1. The van der Waals surface area contributed by atoms with Gasteiger partial charge in [0.1, 0.15) is 0 Å². The van der Waals surface area contributed by atoms with Crippen molar-refractivity contribution in [1.82, 2.24) is 4.57 Å². The van der Waals surface area contributed by atoms with E-state index in [4.69, 9.17) is 0 Å². The topological polar surface area (TPSA) is 34.4 Å². The smallest absolute Gasteiger partial charge is 0.320 e. The van der Waals surface area contributed by atoms with Crippen molar-refractivity contribution in [2.45, 2.75) is 51.2 Å². The Labute approximate surface area is 153 Å². The van der Waals surface area contributed by atoms with E-state index in [1.54, 1.807) is 0 Å². The first kappa shape index (κ1) is 17.5. The van der Waals surface area contributed by atoms with Crippen LogP contribution < -0.4 is 4.80 Å². The summed E-state index contributed by atoms with van der Waals surface area (Å²) in [7, 11) is 0. The highest BCUT2D eigenvalue weighted by atomic mass is 32.1. The molecule has 0 bridgehead atoms. The van der Waals surface area contributed by atoms with Crippen LogP contribution in [0.15, 0.2) is 29.3 Å². The van der Waals surface area contributed by atoms with E-state index in [1.807, 2.05) is 0 Å². The van der Waals surface area contributed by atoms with Gasteiger partial charge in [0.05, 0.1) is 5.56 Å². The molecule has 0 spiro atoms. The molecule has 1 saturated carbocycles. The van der Waals surface area contributed by atoms with Crippen LogP contribution in [0.3, 0.4) is 0 Å². The Balaban J connectivity index is 1.71. The summed E-state index contributed by atoms with van der Waals surface area (Å²) in [5, 5.41) is 0. The minimum Gasteiger partial charge on any atom is -0.320 e. The van der Waals surface area contributed by atoms with Crippen LogP contribution in [0.4, 0.5) is 13.2 Å². The lowest BCUT2D eigenvalue weighted by molar-refractivity contribution is -0.137. The Hall–Kier alpha value is -1.89. The van der Waals surface area contributed by atoms with Crippen molar-refractivity contribution >= 4 is 17.2 Å². The number of halogens is 3. The van der Waals surface area contributed by atoms with Crippen molar-refractivity contribution in [3.8, 4) is 0 Å². The van der Waals surface area contributed by atoms with Crippen LogP contribution >= 0.6 is 11.3 Å². The highest BCUT2D eigenvalue weighted by Crippen LogP contribution is 2.33. The number of aryl methyl sites for hydroxylation is 1. The van der Waals surface area contributed by atoms with Gasteiger partial charge < -0.3 is 4.57 Å². The Morgan fingerprint density at radius 1 is 1.23 bits per heavy atom. The number of thiazole rings is 1. The van der Waals surface area contributed by atoms with Gasteiger partial charge in [0, 0.05) is 22.7 Å². The summed E-state index contributed by atoms with van der Waals surface area (Å²) in [5.74, 6) is 0.0254. The van der Waals surface area contributed by atoms with E-state index >= 15 is 0 Å². The average Bonchev–Trinajstić information content (AvgIpc) is 3.37. The van der Waals surface area contributed by atoms with Gasteiger partial charge in [-0.25, -0.2) is 0 Å². The molecule has 2 aliphatic carbocycles. The Morgan fingerprint density at radius 2 is 2.00 bits per heavy atom. The van der Waals surface area contributed by atoms with Gasteiger partial charge >= 0.3 is 6.18 Å². The summed E-state index contributed by atoms with van der Waals surface area (Å²) in [6.07, 6.45) is 2.18. The van der Waals surface area contributed by atoms with Crippen LogP contribution in [0.5, 0.6) is 0 Å². The zero-order valence-corrected chi connectivity index (χ0v) is 15.0. The molecule has 1 amide bonds. The van der Waals surface area contributed by atoms with Crippen molar-refractivity contribution in [3.63, 3.8) is 0 Å². The first-order valence-electron chi connectivity index (χ1n) is 8.89. The fourth-order valence-corrected chi connectivity index (χ4v) is 4.57. The van der Waals surface area contributed by atoms with Gasteiger partial charge in [-0.2, -0.15) is 18.2 Å².